The summed E-state index contributed by atoms with van der Waals surface area (Å²) >= 11 is 0. The zero-order valence-electron chi connectivity index (χ0n) is 14.4. The maximum atomic E-state index is 12.4. The molecule has 1 fully saturated rings. The standard InChI is InChI=1S/C19H25N3O2/c1-15-14-21(2)11-12-22(15)19(23)10-6-9-18-20-13-17(24-18)16-7-4-3-5-8-16/h3-5,7-8,13,15H,6,9-12,14H2,1-2H3/t15-/m1/s1. The smallest absolute Gasteiger partial charge is 0.222 e. The van der Waals surface area contributed by atoms with Gasteiger partial charge >= 0.3 is 0 Å². The molecule has 0 unspecified atom stereocenters. The Bertz CT molecular complexity index is 668. The summed E-state index contributed by atoms with van der Waals surface area (Å²) in [5.74, 6) is 1.73. The average Bonchev–Trinajstić information content (AvgIpc) is 3.04. The van der Waals surface area contributed by atoms with E-state index < -0.39 is 0 Å². The van der Waals surface area contributed by atoms with Crippen LogP contribution in [0.5, 0.6) is 0 Å². The van der Waals surface area contributed by atoms with E-state index in [0.29, 0.717) is 24.8 Å². The molecule has 0 aliphatic carbocycles. The fourth-order valence-electron chi connectivity index (χ4n) is 3.21. The maximum Gasteiger partial charge on any atom is 0.222 e. The summed E-state index contributed by atoms with van der Waals surface area (Å²) in [7, 11) is 2.10. The van der Waals surface area contributed by atoms with Gasteiger partial charge in [-0.25, -0.2) is 4.98 Å². The summed E-state index contributed by atoms with van der Waals surface area (Å²) in [6.45, 7) is 4.85. The second kappa shape index (κ2) is 7.62. The van der Waals surface area contributed by atoms with Crippen LogP contribution in [0.4, 0.5) is 0 Å². The van der Waals surface area contributed by atoms with Crippen molar-refractivity contribution >= 4 is 5.91 Å². The minimum absolute atomic E-state index is 0.241. The van der Waals surface area contributed by atoms with Crippen LogP contribution in [0.25, 0.3) is 11.3 Å². The molecule has 1 aromatic carbocycles. The molecule has 0 bridgehead atoms. The molecule has 5 heteroatoms. The molecule has 1 aliphatic rings. The van der Waals surface area contributed by atoms with Crippen molar-refractivity contribution in [1.29, 1.82) is 0 Å². The van der Waals surface area contributed by atoms with Gasteiger partial charge in [0, 0.05) is 44.1 Å². The lowest BCUT2D eigenvalue weighted by Gasteiger charge is -2.38. The first-order valence-corrected chi connectivity index (χ1v) is 8.61. The third-order valence-corrected chi connectivity index (χ3v) is 4.54. The van der Waals surface area contributed by atoms with E-state index in [1.807, 2.05) is 35.2 Å². The van der Waals surface area contributed by atoms with Gasteiger partial charge in [-0.05, 0) is 20.4 Å². The van der Waals surface area contributed by atoms with Gasteiger partial charge in [0.25, 0.3) is 0 Å². The number of carbonyl (C=O) groups is 1. The van der Waals surface area contributed by atoms with Gasteiger partial charge in [-0.15, -0.1) is 0 Å². The lowest BCUT2D eigenvalue weighted by atomic mass is 10.1. The second-order valence-corrected chi connectivity index (χ2v) is 6.54. The van der Waals surface area contributed by atoms with E-state index in [2.05, 4.69) is 23.9 Å². The molecule has 1 atom stereocenters. The van der Waals surface area contributed by atoms with E-state index in [-0.39, 0.29) is 5.91 Å². The molecular formula is C19H25N3O2. The molecule has 128 valence electrons. The number of carbonyl (C=O) groups excluding carboxylic acids is 1. The number of likely N-dealkylation sites (N-methyl/N-ethyl adjacent to an activating group) is 1. The maximum absolute atomic E-state index is 12.4. The lowest BCUT2D eigenvalue weighted by molar-refractivity contribution is -0.135. The van der Waals surface area contributed by atoms with Crippen LogP contribution in [0.3, 0.4) is 0 Å². The third kappa shape index (κ3) is 4.03. The van der Waals surface area contributed by atoms with Crippen LogP contribution >= 0.6 is 0 Å². The topological polar surface area (TPSA) is 49.6 Å². The van der Waals surface area contributed by atoms with Crippen LogP contribution in [0, 0.1) is 0 Å². The van der Waals surface area contributed by atoms with Gasteiger partial charge in [0.2, 0.25) is 5.91 Å². The molecule has 3 rings (SSSR count). The van der Waals surface area contributed by atoms with E-state index in [4.69, 9.17) is 4.42 Å². The van der Waals surface area contributed by atoms with Crippen LogP contribution < -0.4 is 0 Å². The first-order valence-electron chi connectivity index (χ1n) is 8.61. The highest BCUT2D eigenvalue weighted by molar-refractivity contribution is 5.76. The molecule has 2 heterocycles. The Kier molecular flexibility index (Phi) is 5.30. The number of rotatable bonds is 5. The van der Waals surface area contributed by atoms with Crippen LogP contribution in [0.1, 0.15) is 25.7 Å². The average molecular weight is 327 g/mol. The van der Waals surface area contributed by atoms with Crippen LogP contribution in [-0.4, -0.2) is 53.4 Å². The summed E-state index contributed by atoms with van der Waals surface area (Å²) in [6.07, 6.45) is 3.78. The van der Waals surface area contributed by atoms with Crippen molar-refractivity contribution in [2.45, 2.75) is 32.2 Å². The zero-order valence-corrected chi connectivity index (χ0v) is 14.4. The van der Waals surface area contributed by atoms with Crippen molar-refractivity contribution in [1.82, 2.24) is 14.8 Å². The Labute approximate surface area is 143 Å². The number of amides is 1. The Balaban J connectivity index is 1.48. The molecule has 0 N–H and O–H groups in total. The summed E-state index contributed by atoms with van der Waals surface area (Å²) in [5, 5.41) is 0. The van der Waals surface area contributed by atoms with Crippen molar-refractivity contribution in [3.8, 4) is 11.3 Å². The van der Waals surface area contributed by atoms with E-state index in [0.717, 1.165) is 37.4 Å². The van der Waals surface area contributed by atoms with E-state index >= 15 is 0 Å². The predicted octanol–water partition coefficient (Wildman–Crippen LogP) is 2.83. The molecule has 2 aromatic rings. The number of nitrogens with zero attached hydrogens (tertiary/aromatic N) is 3. The van der Waals surface area contributed by atoms with Crippen molar-refractivity contribution in [2.24, 2.45) is 0 Å². The van der Waals surface area contributed by atoms with E-state index in [1.54, 1.807) is 6.20 Å². The van der Waals surface area contributed by atoms with E-state index in [9.17, 15) is 4.79 Å². The summed E-state index contributed by atoms with van der Waals surface area (Å²) < 4.78 is 5.79. The number of aromatic nitrogens is 1. The Morgan fingerprint density at radius 3 is 2.83 bits per heavy atom. The zero-order chi connectivity index (χ0) is 16.9. The number of hydrogen-bond donors (Lipinski definition) is 0. The van der Waals surface area contributed by atoms with Gasteiger partial charge in [-0.2, -0.15) is 0 Å². The number of piperazine rings is 1. The highest BCUT2D eigenvalue weighted by atomic mass is 16.4. The fraction of sp³-hybridized carbons (Fsp3) is 0.474. The van der Waals surface area contributed by atoms with Gasteiger partial charge in [-0.3, -0.25) is 4.79 Å². The molecule has 1 aromatic heterocycles. The van der Waals surface area contributed by atoms with Crippen LogP contribution in [-0.2, 0) is 11.2 Å². The number of aryl methyl sites for hydroxylation is 1. The van der Waals surface area contributed by atoms with Gasteiger partial charge in [-0.1, -0.05) is 30.3 Å². The minimum Gasteiger partial charge on any atom is -0.441 e. The molecule has 0 spiro atoms. The molecule has 0 saturated carbocycles. The van der Waals surface area contributed by atoms with Crippen molar-refractivity contribution in [2.75, 3.05) is 26.7 Å². The molecule has 0 radical (unpaired) electrons. The SMILES string of the molecule is C[C@@H]1CN(C)CCN1C(=O)CCCc1ncc(-c2ccccc2)o1. The molecule has 1 amide bonds. The predicted molar refractivity (Wildman–Crippen MR) is 93.5 cm³/mol. The first kappa shape index (κ1) is 16.7. The molecule has 24 heavy (non-hydrogen) atoms. The van der Waals surface area contributed by atoms with Crippen LogP contribution in [0.2, 0.25) is 0 Å². The lowest BCUT2D eigenvalue weighted by Crippen LogP contribution is -2.52. The Hall–Kier alpha value is -2.14. The van der Waals surface area contributed by atoms with Crippen molar-refractivity contribution in [3.05, 3.63) is 42.4 Å². The third-order valence-electron chi connectivity index (χ3n) is 4.54. The van der Waals surface area contributed by atoms with Crippen LogP contribution in [0.15, 0.2) is 40.9 Å². The molecule has 1 saturated heterocycles. The molecule has 1 aliphatic heterocycles. The number of benzene rings is 1. The highest BCUT2D eigenvalue weighted by Gasteiger charge is 2.25. The van der Waals surface area contributed by atoms with Gasteiger partial charge in [0.05, 0.1) is 6.20 Å². The van der Waals surface area contributed by atoms with Crippen molar-refractivity contribution < 1.29 is 9.21 Å². The normalized spacial score (nSPS) is 18.8. The highest BCUT2D eigenvalue weighted by Crippen LogP contribution is 2.20. The number of hydrogen-bond acceptors (Lipinski definition) is 4. The van der Waals surface area contributed by atoms with Gasteiger partial charge < -0.3 is 14.2 Å². The number of oxazole rings is 1. The summed E-state index contributed by atoms with van der Waals surface area (Å²) in [4.78, 5) is 21.0. The fourth-order valence-corrected chi connectivity index (χ4v) is 3.21. The monoisotopic (exact) mass is 327 g/mol. The van der Waals surface area contributed by atoms with Crippen molar-refractivity contribution in [3.63, 3.8) is 0 Å². The Morgan fingerprint density at radius 2 is 2.08 bits per heavy atom. The molecular weight excluding hydrogens is 302 g/mol. The largest absolute Gasteiger partial charge is 0.441 e. The molecule has 5 nitrogen and oxygen atoms in total. The quantitative estimate of drug-likeness (QED) is 0.847. The minimum atomic E-state index is 0.241. The van der Waals surface area contributed by atoms with E-state index in [1.165, 1.54) is 0 Å². The summed E-state index contributed by atoms with van der Waals surface area (Å²) in [6, 6.07) is 10.2. The second-order valence-electron chi connectivity index (χ2n) is 6.54. The van der Waals surface area contributed by atoms with Gasteiger partial charge in [0.15, 0.2) is 11.7 Å². The van der Waals surface area contributed by atoms with Gasteiger partial charge in [0.1, 0.15) is 0 Å². The first-order chi connectivity index (χ1) is 11.6. The summed E-state index contributed by atoms with van der Waals surface area (Å²) in [5.41, 5.74) is 1.03. The Morgan fingerprint density at radius 1 is 1.29 bits per heavy atom.